The quantitative estimate of drug-likeness (QED) is 0.281. The van der Waals surface area contributed by atoms with Crippen LogP contribution in [0, 0.1) is 11.8 Å². The van der Waals surface area contributed by atoms with Crippen LogP contribution >= 0.6 is 11.6 Å². The van der Waals surface area contributed by atoms with Crippen LogP contribution in [0.2, 0.25) is 5.02 Å². The van der Waals surface area contributed by atoms with Gasteiger partial charge in [-0.2, -0.15) is 13.2 Å². The maximum Gasteiger partial charge on any atom is 0.417 e. The number of ether oxygens (including phenoxy) is 2. The SMILES string of the molecule is COc1ccc(C(=O)[C@@H]2[C@@H]3C(=O)N(c4ccc(Cl)c(C(F)(F)F)c4)C(=O)[C@@H]3[C@@H]3c4ccccc4C=CN23)cc1OC. The number of anilines is 1. The minimum absolute atomic E-state index is 0.226. The lowest BCUT2D eigenvalue weighted by Gasteiger charge is -2.35. The molecule has 3 aliphatic heterocycles. The molecule has 210 valence electrons. The number of methoxy groups -OCH3 is 2. The average molecular weight is 583 g/mol. The molecule has 7 nitrogen and oxygen atoms in total. The van der Waals surface area contributed by atoms with E-state index in [4.69, 9.17) is 21.1 Å². The van der Waals surface area contributed by atoms with Crippen LogP contribution in [0.15, 0.2) is 66.9 Å². The zero-order valence-electron chi connectivity index (χ0n) is 21.7. The Hall–Kier alpha value is -4.31. The zero-order valence-corrected chi connectivity index (χ0v) is 22.4. The van der Waals surface area contributed by atoms with Crippen molar-refractivity contribution in [1.29, 1.82) is 0 Å². The monoisotopic (exact) mass is 582 g/mol. The van der Waals surface area contributed by atoms with Crippen molar-refractivity contribution in [3.05, 3.63) is 94.1 Å². The third-order valence-electron chi connectivity index (χ3n) is 7.91. The molecule has 0 unspecified atom stereocenters. The highest BCUT2D eigenvalue weighted by atomic mass is 35.5. The number of nitrogens with zero attached hydrogens (tertiary/aromatic N) is 2. The number of rotatable bonds is 5. The number of carbonyl (C=O) groups is 3. The first kappa shape index (κ1) is 26.9. The van der Waals surface area contributed by atoms with E-state index in [0.717, 1.165) is 22.1 Å². The van der Waals surface area contributed by atoms with Gasteiger partial charge in [-0.05, 0) is 53.6 Å². The lowest BCUT2D eigenvalue weighted by atomic mass is 9.83. The van der Waals surface area contributed by atoms with E-state index in [1.54, 1.807) is 29.3 Å². The van der Waals surface area contributed by atoms with Crippen molar-refractivity contribution >= 4 is 41.0 Å². The van der Waals surface area contributed by atoms with Gasteiger partial charge in [0.25, 0.3) is 0 Å². The van der Waals surface area contributed by atoms with Crippen molar-refractivity contribution in [1.82, 2.24) is 4.90 Å². The normalized spacial score (nSPS) is 22.9. The van der Waals surface area contributed by atoms with E-state index in [1.165, 1.54) is 26.4 Å². The number of Topliss-reactive ketones (excluding diaryl/α,β-unsaturated/α-hetero) is 1. The van der Waals surface area contributed by atoms with Crippen LogP contribution in [0.3, 0.4) is 0 Å². The summed E-state index contributed by atoms with van der Waals surface area (Å²) in [6, 6.07) is 13.0. The maximum absolute atomic E-state index is 14.1. The second-order valence-electron chi connectivity index (χ2n) is 9.94. The van der Waals surface area contributed by atoms with Crippen LogP contribution < -0.4 is 14.4 Å². The third kappa shape index (κ3) is 4.08. The Kier molecular flexibility index (Phi) is 6.33. The highest BCUT2D eigenvalue weighted by Gasteiger charge is 2.64. The van der Waals surface area contributed by atoms with Gasteiger partial charge in [-0.1, -0.05) is 35.9 Å². The molecule has 0 spiro atoms. The van der Waals surface area contributed by atoms with Crippen molar-refractivity contribution in [3.8, 4) is 11.5 Å². The maximum atomic E-state index is 14.1. The molecule has 3 aromatic carbocycles. The molecule has 0 N–H and O–H groups in total. The van der Waals surface area contributed by atoms with Gasteiger partial charge in [-0.15, -0.1) is 0 Å². The van der Waals surface area contributed by atoms with Gasteiger partial charge in [0, 0.05) is 11.8 Å². The molecular weight excluding hydrogens is 561 g/mol. The molecule has 0 radical (unpaired) electrons. The molecule has 41 heavy (non-hydrogen) atoms. The summed E-state index contributed by atoms with van der Waals surface area (Å²) in [5, 5.41) is -0.556. The lowest BCUT2D eigenvalue weighted by Crippen LogP contribution is -2.44. The average Bonchev–Trinajstić information content (AvgIpc) is 3.44. The molecular formula is C30H22ClF3N2O5. The highest BCUT2D eigenvalue weighted by molar-refractivity contribution is 6.32. The van der Waals surface area contributed by atoms with Gasteiger partial charge >= 0.3 is 6.18 Å². The number of ketones is 1. The molecule has 11 heteroatoms. The van der Waals surface area contributed by atoms with E-state index < -0.39 is 58.3 Å². The molecule has 0 aliphatic carbocycles. The number of hydrogen-bond acceptors (Lipinski definition) is 6. The van der Waals surface area contributed by atoms with Crippen molar-refractivity contribution in [2.45, 2.75) is 18.3 Å². The van der Waals surface area contributed by atoms with Crippen molar-refractivity contribution in [2.75, 3.05) is 19.1 Å². The standard InChI is InChI=1S/C30H22ClF3N2O5/c1-40-21-10-7-16(13-22(21)41-2)27(37)26-24-23(25-18-6-4-3-5-15(18)11-12-35(25)26)28(38)36(29(24)39)17-8-9-20(31)19(14-17)30(32,33)34/h3-14,23-26H,1-2H3/t23-,24+,25-,26-/m0/s1. The van der Waals surface area contributed by atoms with E-state index in [0.29, 0.717) is 17.6 Å². The summed E-state index contributed by atoms with van der Waals surface area (Å²) >= 11 is 5.80. The fraction of sp³-hybridized carbons (Fsp3) is 0.233. The molecule has 2 fully saturated rings. The largest absolute Gasteiger partial charge is 0.493 e. The first-order valence-electron chi connectivity index (χ1n) is 12.6. The third-order valence-corrected chi connectivity index (χ3v) is 8.24. The van der Waals surface area contributed by atoms with E-state index in [1.807, 2.05) is 24.3 Å². The number of halogens is 4. The Morgan fingerprint density at radius 3 is 2.32 bits per heavy atom. The van der Waals surface area contributed by atoms with Gasteiger partial charge in [0.2, 0.25) is 11.8 Å². The van der Waals surface area contributed by atoms with Crippen molar-refractivity contribution in [3.63, 3.8) is 0 Å². The summed E-state index contributed by atoms with van der Waals surface area (Å²) < 4.78 is 51.6. The van der Waals surface area contributed by atoms with Crippen LogP contribution in [-0.2, 0) is 15.8 Å². The number of imide groups is 1. The van der Waals surface area contributed by atoms with Gasteiger partial charge in [0.15, 0.2) is 17.3 Å². The first-order chi connectivity index (χ1) is 19.6. The Balaban J connectivity index is 1.48. The smallest absolute Gasteiger partial charge is 0.417 e. The van der Waals surface area contributed by atoms with Crippen LogP contribution in [0.1, 0.15) is 33.1 Å². The van der Waals surface area contributed by atoms with Crippen molar-refractivity contribution < 1.29 is 37.0 Å². The molecule has 3 aromatic rings. The molecule has 0 saturated carbocycles. The van der Waals surface area contributed by atoms with Crippen LogP contribution in [0.25, 0.3) is 6.08 Å². The van der Waals surface area contributed by atoms with Gasteiger partial charge < -0.3 is 14.4 Å². The van der Waals surface area contributed by atoms with Gasteiger partial charge in [0.05, 0.1) is 48.4 Å². The Morgan fingerprint density at radius 2 is 1.61 bits per heavy atom. The highest BCUT2D eigenvalue weighted by Crippen LogP contribution is 2.54. The Morgan fingerprint density at radius 1 is 0.902 bits per heavy atom. The fourth-order valence-corrected chi connectivity index (χ4v) is 6.37. The van der Waals surface area contributed by atoms with Gasteiger partial charge in [-0.3, -0.25) is 14.4 Å². The molecule has 3 heterocycles. The summed E-state index contributed by atoms with van der Waals surface area (Å²) in [6.45, 7) is 0. The molecule has 2 saturated heterocycles. The molecule has 3 aliphatic rings. The van der Waals surface area contributed by atoms with E-state index in [2.05, 4.69) is 0 Å². The zero-order chi connectivity index (χ0) is 29.2. The summed E-state index contributed by atoms with van der Waals surface area (Å²) in [7, 11) is 2.89. The van der Waals surface area contributed by atoms with Crippen molar-refractivity contribution in [2.24, 2.45) is 11.8 Å². The lowest BCUT2D eigenvalue weighted by molar-refractivity contribution is -0.137. The predicted octanol–water partition coefficient (Wildman–Crippen LogP) is 5.77. The van der Waals surface area contributed by atoms with E-state index in [9.17, 15) is 27.6 Å². The number of carbonyl (C=O) groups excluding carboxylic acids is 3. The minimum atomic E-state index is -4.80. The molecule has 0 bridgehead atoms. The number of benzene rings is 3. The van der Waals surface area contributed by atoms with E-state index in [-0.39, 0.29) is 11.3 Å². The van der Waals surface area contributed by atoms with Gasteiger partial charge in [0.1, 0.15) is 6.04 Å². The second kappa shape index (κ2) is 9.66. The molecule has 2 amide bonds. The number of fused-ring (bicyclic) bond motifs is 5. The fourth-order valence-electron chi connectivity index (χ4n) is 6.14. The summed E-state index contributed by atoms with van der Waals surface area (Å²) in [6.07, 6.45) is -1.29. The molecule has 4 atom stereocenters. The summed E-state index contributed by atoms with van der Waals surface area (Å²) in [5.41, 5.74) is 0.359. The minimum Gasteiger partial charge on any atom is -0.493 e. The molecule has 0 aromatic heterocycles. The topological polar surface area (TPSA) is 76.2 Å². The predicted molar refractivity (Wildman–Crippen MR) is 144 cm³/mol. The van der Waals surface area contributed by atoms with Crippen LogP contribution in [-0.4, -0.2) is 42.8 Å². The second-order valence-corrected chi connectivity index (χ2v) is 10.3. The number of hydrogen-bond donors (Lipinski definition) is 0. The number of alkyl halides is 3. The molecule has 6 rings (SSSR count). The Labute approximate surface area is 237 Å². The van der Waals surface area contributed by atoms with Gasteiger partial charge in [-0.25, -0.2) is 4.90 Å². The first-order valence-corrected chi connectivity index (χ1v) is 13.0. The Bertz CT molecular complexity index is 1640. The van der Waals surface area contributed by atoms with Crippen LogP contribution in [0.5, 0.6) is 11.5 Å². The summed E-state index contributed by atoms with van der Waals surface area (Å²) in [5.74, 6) is -3.35. The van der Waals surface area contributed by atoms with E-state index >= 15 is 0 Å². The van der Waals surface area contributed by atoms with Crippen LogP contribution in [0.4, 0.5) is 18.9 Å². The summed E-state index contributed by atoms with van der Waals surface area (Å²) in [4.78, 5) is 44.6. The number of amides is 2.